The molecule has 3 aliphatic carbocycles. The maximum atomic E-state index is 14.4. The van der Waals surface area contributed by atoms with Gasteiger partial charge in [0.2, 0.25) is 5.78 Å². The molecule has 2 aromatic carbocycles. The van der Waals surface area contributed by atoms with Crippen molar-refractivity contribution in [3.8, 4) is 17.1 Å². The quantitative estimate of drug-likeness (QED) is 0.0871. The lowest BCUT2D eigenvalue weighted by atomic mass is 9.58. The van der Waals surface area contributed by atoms with Crippen molar-refractivity contribution < 1.29 is 58.0 Å². The van der Waals surface area contributed by atoms with Crippen LogP contribution in [0.25, 0.3) is 11.3 Å². The number of amides is 2. The van der Waals surface area contributed by atoms with E-state index in [-0.39, 0.29) is 54.3 Å². The van der Waals surface area contributed by atoms with Crippen molar-refractivity contribution in [2.75, 3.05) is 51.5 Å². The number of likely N-dealkylation sites (N-methyl/N-ethyl adjacent to an activating group) is 1. The second kappa shape index (κ2) is 15.3. The molecule has 18 heteroatoms. The lowest BCUT2D eigenvalue weighted by Crippen LogP contribution is -2.63. The maximum absolute atomic E-state index is 14.4. The largest absolute Gasteiger partial charge is 0.519 e. The zero-order valence-corrected chi connectivity index (χ0v) is 31.8. The Balaban J connectivity index is 1.28. The number of Topliss-reactive ketones (excluding diaryl/α,β-unsaturated/α-hetero) is 2. The second-order valence-electron chi connectivity index (χ2n) is 14.7. The van der Waals surface area contributed by atoms with Crippen LogP contribution in [0.4, 0.5) is 16.2 Å². The molecule has 0 aliphatic heterocycles. The first-order chi connectivity index (χ1) is 26.9. The van der Waals surface area contributed by atoms with Crippen LogP contribution in [0.2, 0.25) is 0 Å². The standard InChI is InChI=1S/C39H43N5O13/c1-18(16-44(11-12-45)37(52)55-17-25-33(57-38(53)56-25)19-9-7-6-8-10-19)41-23-15-24(42(2)3)21-13-20-14-22-29(43(4)5)32(48)28(36(40)51)35(50)39(22,54)34(49)26(20)31(47)27(21)30(23)46/h6-10,12,15,18,20,22,29,41,46,48-49,54H,11,13-14,16-17H2,1-5H3,(H2,40,51)/t18?,20?,22?,29-,39+/m1/s1. The number of phenolic OH excluding ortho intramolecular Hbond substituents is 1. The molecule has 6 rings (SSSR count). The molecule has 0 bridgehead atoms. The number of aldehydes is 1. The van der Waals surface area contributed by atoms with E-state index in [1.54, 1.807) is 76.4 Å². The van der Waals surface area contributed by atoms with Gasteiger partial charge in [-0.25, -0.2) is 9.59 Å². The number of carbonyl (C=O) groups is 5. The maximum Gasteiger partial charge on any atom is 0.519 e. The van der Waals surface area contributed by atoms with Crippen molar-refractivity contribution in [1.29, 1.82) is 0 Å². The summed E-state index contributed by atoms with van der Waals surface area (Å²) in [5.74, 6) is -8.63. The third-order valence-electron chi connectivity index (χ3n) is 10.6. The number of ketones is 2. The molecule has 0 spiro atoms. The van der Waals surface area contributed by atoms with Gasteiger partial charge in [-0.15, -0.1) is 0 Å². The Labute approximate surface area is 325 Å². The molecular formula is C39H43N5O13. The molecule has 1 heterocycles. The van der Waals surface area contributed by atoms with Gasteiger partial charge in [-0.3, -0.25) is 24.2 Å². The molecule has 3 aliphatic rings. The molecule has 0 radical (unpaired) electrons. The zero-order valence-electron chi connectivity index (χ0n) is 31.8. The number of aliphatic hydroxyl groups excluding tert-OH is 2. The van der Waals surface area contributed by atoms with Crippen LogP contribution < -0.4 is 21.8 Å². The number of aromatic hydroxyl groups is 1. The highest BCUT2D eigenvalue weighted by Gasteiger charge is 2.63. The van der Waals surface area contributed by atoms with E-state index in [2.05, 4.69) is 5.32 Å². The molecule has 0 saturated carbocycles. The minimum absolute atomic E-state index is 0.0432. The Bertz CT molecular complexity index is 2270. The van der Waals surface area contributed by atoms with Crippen molar-refractivity contribution >= 4 is 41.2 Å². The smallest absolute Gasteiger partial charge is 0.510 e. The highest BCUT2D eigenvalue weighted by molar-refractivity contribution is 6.25. The molecule has 1 aromatic heterocycles. The van der Waals surface area contributed by atoms with Crippen LogP contribution in [-0.4, -0.2) is 119 Å². The number of hydrogen-bond donors (Lipinski definition) is 6. The number of ether oxygens (including phenoxy) is 1. The van der Waals surface area contributed by atoms with Gasteiger partial charge < -0.3 is 54.7 Å². The molecule has 5 atom stereocenters. The Hall–Kier alpha value is -6.40. The summed E-state index contributed by atoms with van der Waals surface area (Å²) in [4.78, 5) is 81.3. The number of nitrogens with two attached hydrogens (primary N) is 1. The molecule has 57 heavy (non-hydrogen) atoms. The van der Waals surface area contributed by atoms with Gasteiger partial charge in [0.1, 0.15) is 29.1 Å². The summed E-state index contributed by atoms with van der Waals surface area (Å²) < 4.78 is 15.6. The third kappa shape index (κ3) is 6.90. The van der Waals surface area contributed by atoms with Crippen LogP contribution in [0.15, 0.2) is 72.7 Å². The Morgan fingerprint density at radius 2 is 1.77 bits per heavy atom. The molecule has 3 unspecified atom stereocenters. The van der Waals surface area contributed by atoms with E-state index in [0.29, 0.717) is 23.1 Å². The van der Waals surface area contributed by atoms with E-state index < -0.39 is 88.4 Å². The normalized spacial score (nSPS) is 22.1. The number of nitrogens with zero attached hydrogens (tertiary/aromatic N) is 3. The van der Waals surface area contributed by atoms with Crippen LogP contribution in [0.5, 0.6) is 5.75 Å². The Kier molecular flexibility index (Phi) is 10.8. The summed E-state index contributed by atoms with van der Waals surface area (Å²) in [5.41, 5.74) is 2.68. The summed E-state index contributed by atoms with van der Waals surface area (Å²) in [5, 5.41) is 49.4. The van der Waals surface area contributed by atoms with E-state index in [1.165, 1.54) is 4.90 Å². The van der Waals surface area contributed by atoms with Crippen molar-refractivity contribution in [3.63, 3.8) is 0 Å². The summed E-state index contributed by atoms with van der Waals surface area (Å²) in [6.07, 6.45) is -0.441. The Morgan fingerprint density at radius 1 is 1.09 bits per heavy atom. The van der Waals surface area contributed by atoms with Gasteiger partial charge in [0.25, 0.3) is 5.91 Å². The van der Waals surface area contributed by atoms with Gasteiger partial charge in [-0.05, 0) is 51.4 Å². The van der Waals surface area contributed by atoms with E-state index in [9.17, 15) is 49.2 Å². The van der Waals surface area contributed by atoms with Gasteiger partial charge in [0.05, 0.1) is 23.8 Å². The average molecular weight is 790 g/mol. The van der Waals surface area contributed by atoms with E-state index in [4.69, 9.17) is 19.3 Å². The van der Waals surface area contributed by atoms with Crippen molar-refractivity contribution in [3.05, 3.63) is 86.6 Å². The topological polar surface area (TPSA) is 267 Å². The minimum atomic E-state index is -2.79. The monoisotopic (exact) mass is 789 g/mol. The number of rotatable bonds is 12. The number of carbonyl (C=O) groups excluding carboxylic acids is 5. The molecule has 18 nitrogen and oxygen atoms in total. The van der Waals surface area contributed by atoms with Gasteiger partial charge >= 0.3 is 11.9 Å². The van der Waals surface area contributed by atoms with Crippen LogP contribution in [0.3, 0.4) is 0 Å². The second-order valence-corrected chi connectivity index (χ2v) is 14.7. The highest BCUT2D eigenvalue weighted by atomic mass is 16.6. The van der Waals surface area contributed by atoms with E-state index >= 15 is 0 Å². The number of hydrogen-bond acceptors (Lipinski definition) is 16. The minimum Gasteiger partial charge on any atom is -0.510 e. The molecule has 3 aromatic rings. The predicted octanol–water partition coefficient (Wildman–Crippen LogP) is 2.04. The molecule has 0 saturated heterocycles. The number of primary amides is 1. The van der Waals surface area contributed by atoms with Gasteiger partial charge in [-0.2, -0.15) is 0 Å². The molecule has 0 fully saturated rings. The first kappa shape index (κ1) is 40.3. The van der Waals surface area contributed by atoms with Crippen LogP contribution in [0, 0.1) is 11.8 Å². The number of anilines is 2. The fraction of sp³-hybridized carbons (Fsp3) is 0.385. The number of benzene rings is 2. The number of allylic oxidation sites excluding steroid dienone is 1. The van der Waals surface area contributed by atoms with Crippen molar-refractivity contribution in [1.82, 2.24) is 9.80 Å². The first-order valence-electron chi connectivity index (χ1n) is 17.9. The Morgan fingerprint density at radius 3 is 2.39 bits per heavy atom. The van der Waals surface area contributed by atoms with Crippen molar-refractivity contribution in [2.24, 2.45) is 17.6 Å². The number of fused-ring (bicyclic) bond motifs is 3. The summed E-state index contributed by atoms with van der Waals surface area (Å²) in [7, 11) is 6.54. The first-order valence-corrected chi connectivity index (χ1v) is 17.9. The van der Waals surface area contributed by atoms with Crippen molar-refractivity contribution in [2.45, 2.75) is 44.1 Å². The van der Waals surface area contributed by atoms with Gasteiger partial charge in [0, 0.05) is 49.4 Å². The molecule has 7 N–H and O–H groups in total. The number of phenols is 1. The fourth-order valence-corrected chi connectivity index (χ4v) is 8.19. The summed E-state index contributed by atoms with van der Waals surface area (Å²) >= 11 is 0. The van der Waals surface area contributed by atoms with Crippen LogP contribution in [-0.2, 0) is 32.1 Å². The summed E-state index contributed by atoms with van der Waals surface area (Å²) in [6.45, 7) is 0.606. The number of nitrogens with one attached hydrogen (secondary N) is 1. The highest BCUT2D eigenvalue weighted by Crippen LogP contribution is 2.54. The van der Waals surface area contributed by atoms with E-state index in [0.717, 1.165) is 4.90 Å². The predicted molar refractivity (Wildman–Crippen MR) is 202 cm³/mol. The molecule has 302 valence electrons. The molecule has 2 amide bonds. The van der Waals surface area contributed by atoms with Gasteiger partial charge in [0.15, 0.2) is 29.5 Å². The van der Waals surface area contributed by atoms with Gasteiger partial charge in [-0.1, -0.05) is 30.3 Å². The lowest BCUT2D eigenvalue weighted by molar-refractivity contribution is -0.148. The molecular weight excluding hydrogens is 746 g/mol. The average Bonchev–Trinajstić information content (AvgIpc) is 3.53. The SMILES string of the molecule is CC(CN(CC=O)C(=O)OCc1oc(=O)oc1-c1ccccc1)Nc1cc(N(C)C)c2c(c1O)C(=O)C1=C(O)[C@]3(O)C(=O)C(C(N)=O)=C(O)[C@H](N(C)C)C3CC1C2. The third-order valence-corrected chi connectivity index (χ3v) is 10.6. The van der Waals surface area contributed by atoms with Crippen LogP contribution in [0.1, 0.15) is 35.0 Å². The zero-order chi connectivity index (χ0) is 41.7. The lowest BCUT2D eigenvalue weighted by Gasteiger charge is -2.50. The summed E-state index contributed by atoms with van der Waals surface area (Å²) in [6, 6.07) is 8.31. The van der Waals surface area contributed by atoms with Crippen LogP contribution >= 0.6 is 0 Å². The number of aliphatic hydroxyl groups is 3. The van der Waals surface area contributed by atoms with E-state index in [1.807, 2.05) is 0 Å². The fourth-order valence-electron chi connectivity index (χ4n) is 8.19.